The number of carboxylic acid groups (broad SMARTS) is 1. The summed E-state index contributed by atoms with van der Waals surface area (Å²) in [5, 5.41) is 14.2. The van der Waals surface area contributed by atoms with Crippen molar-refractivity contribution < 1.29 is 14.7 Å². The maximum atomic E-state index is 11.9. The smallest absolute Gasteiger partial charge is 0.326 e. The van der Waals surface area contributed by atoms with Crippen molar-refractivity contribution in [3.8, 4) is 0 Å². The van der Waals surface area contributed by atoms with E-state index < -0.39 is 18.0 Å². The molecule has 0 saturated carbocycles. The zero-order valence-corrected chi connectivity index (χ0v) is 11.5. The normalized spacial score (nSPS) is 11.7. The van der Waals surface area contributed by atoms with Crippen molar-refractivity contribution in [2.24, 2.45) is 0 Å². The highest BCUT2D eigenvalue weighted by Gasteiger charge is 2.21. The average Bonchev–Trinajstić information content (AvgIpc) is 2.93. The first-order valence-electron chi connectivity index (χ1n) is 6.39. The van der Waals surface area contributed by atoms with Gasteiger partial charge in [0.2, 0.25) is 0 Å². The van der Waals surface area contributed by atoms with Crippen LogP contribution in [-0.4, -0.2) is 33.1 Å². The lowest BCUT2D eigenvalue weighted by atomic mass is 10.1. The molecular weight excluding hydrogens is 272 g/mol. The molecular formula is C14H16N4O3. The van der Waals surface area contributed by atoms with E-state index in [0.717, 1.165) is 5.56 Å². The van der Waals surface area contributed by atoms with Gasteiger partial charge in [-0.05, 0) is 18.6 Å². The monoisotopic (exact) mass is 288 g/mol. The molecule has 2 rings (SSSR count). The Morgan fingerprint density at radius 3 is 2.76 bits per heavy atom. The van der Waals surface area contributed by atoms with E-state index in [0.29, 0.717) is 11.4 Å². The number of aliphatic carboxylic acids is 1. The minimum atomic E-state index is -1.11. The predicted octanol–water partition coefficient (Wildman–Crippen LogP) is 1.54. The number of rotatable bonds is 5. The van der Waals surface area contributed by atoms with E-state index in [1.54, 1.807) is 12.1 Å². The van der Waals surface area contributed by atoms with E-state index in [1.807, 2.05) is 19.1 Å². The molecule has 0 fully saturated rings. The third kappa shape index (κ3) is 4.07. The van der Waals surface area contributed by atoms with Gasteiger partial charge >= 0.3 is 12.0 Å². The highest BCUT2D eigenvalue weighted by molar-refractivity contribution is 5.92. The zero-order valence-electron chi connectivity index (χ0n) is 11.5. The number of nitrogens with one attached hydrogen (secondary N) is 3. The second-order valence-electron chi connectivity index (χ2n) is 4.59. The van der Waals surface area contributed by atoms with Crippen molar-refractivity contribution in [3.05, 3.63) is 48.0 Å². The van der Waals surface area contributed by atoms with Crippen LogP contribution in [-0.2, 0) is 11.2 Å². The molecule has 0 bridgehead atoms. The number of carboxylic acids is 1. The zero-order chi connectivity index (χ0) is 15.2. The number of H-pyrrole nitrogens is 1. The number of para-hydroxylation sites is 1. The fourth-order valence-electron chi connectivity index (χ4n) is 1.85. The SMILES string of the molecule is Cc1ccccc1NC(=O)N[C@@H](Cc1cnc[nH]1)C(=O)O. The predicted molar refractivity (Wildman–Crippen MR) is 77.0 cm³/mol. The molecule has 7 heteroatoms. The van der Waals surface area contributed by atoms with Gasteiger partial charge in [0, 0.05) is 24.0 Å². The van der Waals surface area contributed by atoms with Crippen molar-refractivity contribution >= 4 is 17.7 Å². The third-order valence-corrected chi connectivity index (χ3v) is 2.98. The number of aromatic amines is 1. The molecule has 0 saturated heterocycles. The van der Waals surface area contributed by atoms with Crippen molar-refractivity contribution in [1.82, 2.24) is 15.3 Å². The van der Waals surface area contributed by atoms with E-state index in [4.69, 9.17) is 5.11 Å². The van der Waals surface area contributed by atoms with Gasteiger partial charge in [0.1, 0.15) is 6.04 Å². The van der Waals surface area contributed by atoms with Gasteiger partial charge in [-0.15, -0.1) is 0 Å². The molecule has 21 heavy (non-hydrogen) atoms. The second-order valence-corrected chi connectivity index (χ2v) is 4.59. The van der Waals surface area contributed by atoms with Crippen molar-refractivity contribution in [1.29, 1.82) is 0 Å². The Balaban J connectivity index is 1.98. The lowest BCUT2D eigenvalue weighted by molar-refractivity contribution is -0.139. The first-order chi connectivity index (χ1) is 10.1. The number of nitrogens with zero attached hydrogens (tertiary/aromatic N) is 1. The van der Waals surface area contributed by atoms with E-state index in [1.165, 1.54) is 12.5 Å². The molecule has 4 N–H and O–H groups in total. The molecule has 0 radical (unpaired) electrons. The molecule has 1 atom stereocenters. The topological polar surface area (TPSA) is 107 Å². The Labute approximate surface area is 121 Å². The molecule has 0 aliphatic rings. The fraction of sp³-hybridized carbons (Fsp3) is 0.214. The summed E-state index contributed by atoms with van der Waals surface area (Å²) < 4.78 is 0. The summed E-state index contributed by atoms with van der Waals surface area (Å²) in [4.78, 5) is 29.7. The number of carbonyl (C=O) groups excluding carboxylic acids is 1. The van der Waals surface area contributed by atoms with Crippen LogP contribution in [0.15, 0.2) is 36.8 Å². The van der Waals surface area contributed by atoms with Crippen LogP contribution in [0, 0.1) is 6.92 Å². The molecule has 0 aliphatic heterocycles. The van der Waals surface area contributed by atoms with Gasteiger partial charge in [0.15, 0.2) is 0 Å². The van der Waals surface area contributed by atoms with Gasteiger partial charge in [-0.25, -0.2) is 14.6 Å². The Bertz CT molecular complexity index is 625. The summed E-state index contributed by atoms with van der Waals surface area (Å²) in [7, 11) is 0. The van der Waals surface area contributed by atoms with Crippen molar-refractivity contribution in [3.63, 3.8) is 0 Å². The highest BCUT2D eigenvalue weighted by atomic mass is 16.4. The van der Waals surface area contributed by atoms with Crippen LogP contribution in [0.5, 0.6) is 0 Å². The van der Waals surface area contributed by atoms with E-state index in [-0.39, 0.29) is 6.42 Å². The van der Waals surface area contributed by atoms with Crippen LogP contribution < -0.4 is 10.6 Å². The lowest BCUT2D eigenvalue weighted by Crippen LogP contribution is -2.44. The van der Waals surface area contributed by atoms with Crippen LogP contribution in [0.25, 0.3) is 0 Å². The molecule has 7 nitrogen and oxygen atoms in total. The number of urea groups is 1. The number of imidazole rings is 1. The summed E-state index contributed by atoms with van der Waals surface area (Å²) in [6.07, 6.45) is 3.12. The summed E-state index contributed by atoms with van der Waals surface area (Å²) in [6.45, 7) is 1.86. The molecule has 110 valence electrons. The lowest BCUT2D eigenvalue weighted by Gasteiger charge is -2.15. The largest absolute Gasteiger partial charge is 0.480 e. The van der Waals surface area contributed by atoms with Gasteiger partial charge in [-0.1, -0.05) is 18.2 Å². The highest BCUT2D eigenvalue weighted by Crippen LogP contribution is 2.12. The number of hydrogen-bond acceptors (Lipinski definition) is 3. The van der Waals surface area contributed by atoms with Gasteiger partial charge < -0.3 is 20.7 Å². The first-order valence-corrected chi connectivity index (χ1v) is 6.39. The Morgan fingerprint density at radius 1 is 1.38 bits per heavy atom. The third-order valence-electron chi connectivity index (χ3n) is 2.98. The van der Waals surface area contributed by atoms with E-state index in [2.05, 4.69) is 20.6 Å². The summed E-state index contributed by atoms with van der Waals surface area (Å²) in [5.41, 5.74) is 2.17. The second kappa shape index (κ2) is 6.56. The van der Waals surface area contributed by atoms with Gasteiger partial charge in [-0.3, -0.25) is 0 Å². The van der Waals surface area contributed by atoms with Gasteiger partial charge in [0.25, 0.3) is 0 Å². The summed E-state index contributed by atoms with van der Waals surface area (Å²) in [5.74, 6) is -1.11. The number of benzene rings is 1. The standard InChI is InChI=1S/C14H16N4O3/c1-9-4-2-3-5-11(9)17-14(21)18-12(13(19)20)6-10-7-15-8-16-10/h2-5,7-8,12H,6H2,1H3,(H,15,16)(H,19,20)(H2,17,18,21)/t12-/m0/s1. The van der Waals surface area contributed by atoms with Crippen LogP contribution in [0.2, 0.25) is 0 Å². The number of carbonyl (C=O) groups is 2. The molecule has 0 unspecified atom stereocenters. The minimum absolute atomic E-state index is 0.135. The van der Waals surface area contributed by atoms with Crippen molar-refractivity contribution in [2.45, 2.75) is 19.4 Å². The van der Waals surface area contributed by atoms with Gasteiger partial charge in [0.05, 0.1) is 6.33 Å². The quantitative estimate of drug-likeness (QED) is 0.669. The average molecular weight is 288 g/mol. The Morgan fingerprint density at radius 2 is 2.14 bits per heavy atom. The molecule has 1 aromatic carbocycles. The van der Waals surface area contributed by atoms with Crippen LogP contribution in [0.4, 0.5) is 10.5 Å². The molecule has 2 aromatic rings. The maximum Gasteiger partial charge on any atom is 0.326 e. The fourth-order valence-corrected chi connectivity index (χ4v) is 1.85. The number of aromatic nitrogens is 2. The summed E-state index contributed by atoms with van der Waals surface area (Å²) in [6, 6.07) is 5.67. The number of aryl methyl sites for hydroxylation is 1. The molecule has 0 spiro atoms. The molecule has 2 amide bonds. The maximum absolute atomic E-state index is 11.9. The Hall–Kier alpha value is -2.83. The van der Waals surface area contributed by atoms with Gasteiger partial charge in [-0.2, -0.15) is 0 Å². The Kier molecular flexibility index (Phi) is 4.55. The van der Waals surface area contributed by atoms with E-state index in [9.17, 15) is 9.59 Å². The van der Waals surface area contributed by atoms with Crippen LogP contribution in [0.3, 0.4) is 0 Å². The van der Waals surface area contributed by atoms with Crippen LogP contribution >= 0.6 is 0 Å². The molecule has 0 aliphatic carbocycles. The number of hydrogen-bond donors (Lipinski definition) is 4. The number of amides is 2. The van der Waals surface area contributed by atoms with Crippen molar-refractivity contribution in [2.75, 3.05) is 5.32 Å². The summed E-state index contributed by atoms with van der Waals surface area (Å²) >= 11 is 0. The van der Waals surface area contributed by atoms with E-state index >= 15 is 0 Å². The number of anilines is 1. The first kappa shape index (κ1) is 14.6. The van der Waals surface area contributed by atoms with Crippen LogP contribution in [0.1, 0.15) is 11.3 Å². The minimum Gasteiger partial charge on any atom is -0.480 e. The molecule has 1 aromatic heterocycles. The molecule has 1 heterocycles.